The van der Waals surface area contributed by atoms with Gasteiger partial charge in [0, 0.05) is 17.6 Å². The highest BCUT2D eigenvalue weighted by Crippen LogP contribution is 2.31. The van der Waals surface area contributed by atoms with Crippen molar-refractivity contribution < 1.29 is 0 Å². The van der Waals surface area contributed by atoms with Crippen LogP contribution in [0.5, 0.6) is 0 Å². The lowest BCUT2D eigenvalue weighted by molar-refractivity contribution is 0.637. The second kappa shape index (κ2) is 3.79. The summed E-state index contributed by atoms with van der Waals surface area (Å²) in [5.41, 5.74) is 5.17. The van der Waals surface area contributed by atoms with E-state index in [1.807, 2.05) is 0 Å². The first-order chi connectivity index (χ1) is 7.79. The van der Waals surface area contributed by atoms with Crippen LogP contribution in [0.15, 0.2) is 12.1 Å². The van der Waals surface area contributed by atoms with Crippen LogP contribution >= 0.6 is 11.6 Å². The highest BCUT2D eigenvalue weighted by molar-refractivity contribution is 6.35. The monoisotopic (exact) mass is 234 g/mol. The molecule has 2 nitrogen and oxygen atoms in total. The summed E-state index contributed by atoms with van der Waals surface area (Å²) >= 11 is 6.31. The zero-order valence-corrected chi connectivity index (χ0v) is 10.1. The van der Waals surface area contributed by atoms with Gasteiger partial charge in [-0.2, -0.15) is 0 Å². The Morgan fingerprint density at radius 2 is 2.25 bits per heavy atom. The van der Waals surface area contributed by atoms with Gasteiger partial charge in [-0.3, -0.25) is 0 Å². The SMILES string of the molecule is CCc1cc(Cl)c2[nH]c3c(c2c1)CCNC3. The lowest BCUT2D eigenvalue weighted by atomic mass is 10.0. The molecule has 3 rings (SSSR count). The van der Waals surface area contributed by atoms with E-state index < -0.39 is 0 Å². The Labute approximate surface area is 100.0 Å². The second-order valence-electron chi connectivity index (χ2n) is 4.36. The Balaban J connectivity index is 2.30. The number of rotatable bonds is 1. The molecule has 1 aliphatic rings. The van der Waals surface area contributed by atoms with Crippen molar-refractivity contribution in [1.29, 1.82) is 0 Å². The van der Waals surface area contributed by atoms with Crippen LogP contribution in [0.4, 0.5) is 0 Å². The van der Waals surface area contributed by atoms with Crippen LogP contribution in [0.2, 0.25) is 5.02 Å². The van der Waals surface area contributed by atoms with Gasteiger partial charge in [-0.05, 0) is 42.6 Å². The van der Waals surface area contributed by atoms with E-state index in [-0.39, 0.29) is 0 Å². The van der Waals surface area contributed by atoms with Crippen molar-refractivity contribution in [3.05, 3.63) is 34.0 Å². The molecule has 16 heavy (non-hydrogen) atoms. The van der Waals surface area contributed by atoms with Crippen LogP contribution in [-0.2, 0) is 19.4 Å². The molecule has 84 valence electrons. The molecule has 0 bridgehead atoms. The number of H-pyrrole nitrogens is 1. The van der Waals surface area contributed by atoms with Gasteiger partial charge in [-0.1, -0.05) is 18.5 Å². The second-order valence-corrected chi connectivity index (χ2v) is 4.77. The van der Waals surface area contributed by atoms with E-state index in [0.29, 0.717) is 0 Å². The summed E-state index contributed by atoms with van der Waals surface area (Å²) in [6.45, 7) is 4.16. The largest absolute Gasteiger partial charge is 0.356 e. The molecular weight excluding hydrogens is 220 g/mol. The van der Waals surface area contributed by atoms with E-state index in [2.05, 4.69) is 29.4 Å². The molecule has 0 saturated heterocycles. The van der Waals surface area contributed by atoms with Gasteiger partial charge in [0.1, 0.15) is 0 Å². The van der Waals surface area contributed by atoms with Crippen LogP contribution in [0.1, 0.15) is 23.7 Å². The predicted molar refractivity (Wildman–Crippen MR) is 68.1 cm³/mol. The molecule has 2 heterocycles. The molecule has 0 aliphatic carbocycles. The number of aromatic nitrogens is 1. The third-order valence-electron chi connectivity index (χ3n) is 3.38. The fourth-order valence-electron chi connectivity index (χ4n) is 2.48. The van der Waals surface area contributed by atoms with Gasteiger partial charge in [0.15, 0.2) is 0 Å². The minimum atomic E-state index is 0.851. The molecule has 1 aromatic heterocycles. The zero-order chi connectivity index (χ0) is 11.1. The lowest BCUT2D eigenvalue weighted by Gasteiger charge is -2.12. The Kier molecular flexibility index (Phi) is 2.41. The van der Waals surface area contributed by atoms with Crippen LogP contribution in [0, 0.1) is 0 Å². The smallest absolute Gasteiger partial charge is 0.0649 e. The molecule has 0 fully saturated rings. The molecule has 0 spiro atoms. The first kappa shape index (κ1) is 10.2. The number of hydrogen-bond acceptors (Lipinski definition) is 1. The van der Waals surface area contributed by atoms with E-state index in [9.17, 15) is 0 Å². The average molecular weight is 235 g/mol. The topological polar surface area (TPSA) is 27.8 Å². The van der Waals surface area contributed by atoms with E-state index in [4.69, 9.17) is 11.6 Å². The van der Waals surface area contributed by atoms with Crippen LogP contribution in [0.3, 0.4) is 0 Å². The van der Waals surface area contributed by atoms with E-state index in [1.165, 1.54) is 22.2 Å². The maximum Gasteiger partial charge on any atom is 0.0649 e. The van der Waals surface area contributed by atoms with Gasteiger partial charge in [0.25, 0.3) is 0 Å². The van der Waals surface area contributed by atoms with Crippen LogP contribution < -0.4 is 5.32 Å². The van der Waals surface area contributed by atoms with Crippen molar-refractivity contribution >= 4 is 22.5 Å². The van der Waals surface area contributed by atoms with Gasteiger partial charge in [0.05, 0.1) is 10.5 Å². The van der Waals surface area contributed by atoms with Crippen molar-refractivity contribution in [2.24, 2.45) is 0 Å². The lowest BCUT2D eigenvalue weighted by Crippen LogP contribution is -2.22. The standard InChI is InChI=1S/C13H15ClN2/c1-2-8-5-10-9-3-4-15-7-12(9)16-13(10)11(14)6-8/h5-6,15-16H,2-4,7H2,1H3. The summed E-state index contributed by atoms with van der Waals surface area (Å²) < 4.78 is 0. The van der Waals surface area contributed by atoms with Crippen molar-refractivity contribution in [1.82, 2.24) is 10.3 Å². The molecule has 3 heteroatoms. The average Bonchev–Trinajstić information content (AvgIpc) is 2.68. The normalized spacial score (nSPS) is 15.4. The van der Waals surface area contributed by atoms with E-state index >= 15 is 0 Å². The number of benzene rings is 1. The van der Waals surface area contributed by atoms with Crippen LogP contribution in [0.25, 0.3) is 10.9 Å². The summed E-state index contributed by atoms with van der Waals surface area (Å²) in [5, 5.41) is 5.55. The molecule has 2 N–H and O–H groups in total. The third-order valence-corrected chi connectivity index (χ3v) is 3.68. The minimum Gasteiger partial charge on any atom is -0.356 e. The number of aromatic amines is 1. The summed E-state index contributed by atoms with van der Waals surface area (Å²) in [6, 6.07) is 4.35. The maximum atomic E-state index is 6.31. The molecule has 0 atom stereocenters. The number of halogens is 1. The molecule has 1 aromatic carbocycles. The van der Waals surface area contributed by atoms with Crippen molar-refractivity contribution in [2.75, 3.05) is 6.54 Å². The Morgan fingerprint density at radius 3 is 3.06 bits per heavy atom. The molecule has 0 radical (unpaired) electrons. The first-order valence-corrected chi connectivity index (χ1v) is 6.20. The van der Waals surface area contributed by atoms with Crippen molar-refractivity contribution in [2.45, 2.75) is 26.3 Å². The summed E-state index contributed by atoms with van der Waals surface area (Å²) in [4.78, 5) is 3.44. The highest BCUT2D eigenvalue weighted by Gasteiger charge is 2.16. The Hall–Kier alpha value is -0.990. The summed E-state index contributed by atoms with van der Waals surface area (Å²) in [5.74, 6) is 0. The molecule has 2 aromatic rings. The number of aryl methyl sites for hydroxylation is 1. The Bertz CT molecular complexity index is 542. The van der Waals surface area contributed by atoms with Gasteiger partial charge in [-0.25, -0.2) is 0 Å². The van der Waals surface area contributed by atoms with Gasteiger partial charge in [0.2, 0.25) is 0 Å². The number of hydrogen-bond donors (Lipinski definition) is 2. The quantitative estimate of drug-likeness (QED) is 0.780. The minimum absolute atomic E-state index is 0.851. The molecular formula is C13H15ClN2. The fourth-order valence-corrected chi connectivity index (χ4v) is 2.77. The molecule has 0 unspecified atom stereocenters. The maximum absolute atomic E-state index is 6.31. The highest BCUT2D eigenvalue weighted by atomic mass is 35.5. The number of fused-ring (bicyclic) bond motifs is 3. The van der Waals surface area contributed by atoms with E-state index in [1.54, 1.807) is 0 Å². The summed E-state index contributed by atoms with van der Waals surface area (Å²) in [6.07, 6.45) is 2.13. The molecule has 1 aliphatic heterocycles. The Morgan fingerprint density at radius 1 is 1.38 bits per heavy atom. The zero-order valence-electron chi connectivity index (χ0n) is 9.36. The fraction of sp³-hybridized carbons (Fsp3) is 0.385. The molecule has 0 saturated carbocycles. The number of nitrogens with one attached hydrogen (secondary N) is 2. The van der Waals surface area contributed by atoms with Crippen molar-refractivity contribution in [3.63, 3.8) is 0 Å². The van der Waals surface area contributed by atoms with Crippen LogP contribution in [-0.4, -0.2) is 11.5 Å². The van der Waals surface area contributed by atoms with Gasteiger partial charge < -0.3 is 10.3 Å². The summed E-state index contributed by atoms with van der Waals surface area (Å²) in [7, 11) is 0. The van der Waals surface area contributed by atoms with E-state index in [0.717, 1.165) is 36.5 Å². The van der Waals surface area contributed by atoms with Gasteiger partial charge in [-0.15, -0.1) is 0 Å². The third kappa shape index (κ3) is 1.45. The molecule has 0 amide bonds. The van der Waals surface area contributed by atoms with Crippen molar-refractivity contribution in [3.8, 4) is 0 Å². The predicted octanol–water partition coefficient (Wildman–Crippen LogP) is 3.03. The van der Waals surface area contributed by atoms with Gasteiger partial charge >= 0.3 is 0 Å². The first-order valence-electron chi connectivity index (χ1n) is 5.82.